The van der Waals surface area contributed by atoms with E-state index < -0.39 is 0 Å². The number of alkyl halides is 1. The first kappa shape index (κ1) is 27.8. The van der Waals surface area contributed by atoms with E-state index in [4.69, 9.17) is 18.0 Å². The zero-order valence-electron chi connectivity index (χ0n) is 19.5. The van der Waals surface area contributed by atoms with E-state index in [9.17, 15) is 0 Å². The molecule has 0 aromatic heterocycles. The Bertz CT molecular complexity index is 579. The number of hydrogen-bond acceptors (Lipinski definition) is 0. The molecule has 0 spiro atoms. The quantitative estimate of drug-likeness (QED) is 0.0432. The zero-order chi connectivity index (χ0) is 22.1. The summed E-state index contributed by atoms with van der Waals surface area (Å²) in [5.74, 6) is 3.11. The van der Waals surface area contributed by atoms with E-state index in [0.29, 0.717) is 0 Å². The molecule has 0 saturated heterocycles. The number of halogens is 2. The second-order valence-electron chi connectivity index (χ2n) is 8.77. The van der Waals surface area contributed by atoms with Crippen molar-refractivity contribution in [2.75, 3.05) is 19.6 Å². The molecular weight excluding hydrogens is 501 g/mol. The molecule has 1 rings (SSSR count). The van der Waals surface area contributed by atoms with Crippen molar-refractivity contribution in [2.24, 2.45) is 0 Å². The molecule has 0 aliphatic rings. The van der Waals surface area contributed by atoms with Crippen LogP contribution in [0.25, 0.3) is 0 Å². The van der Waals surface area contributed by atoms with Gasteiger partial charge in [0.05, 0.1) is 19.6 Å². The van der Waals surface area contributed by atoms with E-state index in [-0.39, 0.29) is 4.05 Å². The second-order valence-corrected chi connectivity index (χ2v) is 10.4. The Balaban J connectivity index is 2.76. The highest BCUT2D eigenvalue weighted by Gasteiger charge is 2.33. The van der Waals surface area contributed by atoms with E-state index in [1.54, 1.807) is 0 Å². The summed E-state index contributed by atoms with van der Waals surface area (Å²) in [6.45, 7) is 8.05. The largest absolute Gasteiger partial charge is 0.303 e. The van der Waals surface area contributed by atoms with Gasteiger partial charge in [0.25, 0.3) is 0 Å². The summed E-state index contributed by atoms with van der Waals surface area (Å²) in [5, 5.41) is 0.889. The van der Waals surface area contributed by atoms with Crippen LogP contribution in [0.1, 0.15) is 96.5 Å². The van der Waals surface area contributed by atoms with Crippen molar-refractivity contribution >= 4 is 34.2 Å². The molecule has 0 aliphatic carbocycles. The lowest BCUT2D eigenvalue weighted by Crippen LogP contribution is -2.54. The van der Waals surface area contributed by atoms with Crippen LogP contribution in [0.15, 0.2) is 24.3 Å². The Kier molecular flexibility index (Phi) is 16.1. The van der Waals surface area contributed by atoms with Crippen LogP contribution < -0.4 is 0 Å². The van der Waals surface area contributed by atoms with Crippen molar-refractivity contribution in [1.29, 1.82) is 0 Å². The average Bonchev–Trinajstić information content (AvgIpc) is 2.76. The van der Waals surface area contributed by atoms with Gasteiger partial charge in [0.15, 0.2) is 0 Å². The van der Waals surface area contributed by atoms with Crippen LogP contribution in [-0.4, -0.2) is 28.2 Å². The van der Waals surface area contributed by atoms with Gasteiger partial charge in [0.1, 0.15) is 0 Å². The highest BCUT2D eigenvalue weighted by molar-refractivity contribution is 14.1. The molecule has 0 radical (unpaired) electrons. The third-order valence-electron chi connectivity index (χ3n) is 6.32. The van der Waals surface area contributed by atoms with E-state index in [1.807, 2.05) is 12.1 Å². The van der Waals surface area contributed by atoms with E-state index in [0.717, 1.165) is 22.5 Å². The molecule has 3 heteroatoms. The van der Waals surface area contributed by atoms with Gasteiger partial charge in [-0.25, -0.2) is 0 Å². The molecule has 0 heterocycles. The summed E-state index contributed by atoms with van der Waals surface area (Å²) in [6, 6.07) is 8.30. The zero-order valence-corrected chi connectivity index (χ0v) is 22.4. The Morgan fingerprint density at radius 1 is 0.833 bits per heavy atom. The minimum atomic E-state index is 0.233. The van der Waals surface area contributed by atoms with Gasteiger partial charge in [0, 0.05) is 34.0 Å². The minimum Gasteiger partial charge on any atom is -0.303 e. The fraction of sp³-hybridized carbons (Fsp3) is 0.704. The maximum Gasteiger partial charge on any atom is 0.200 e. The molecule has 1 aromatic carbocycles. The lowest BCUT2D eigenvalue weighted by atomic mass is 10.1. The van der Waals surface area contributed by atoms with Crippen LogP contribution in [0.4, 0.5) is 0 Å². The molecule has 0 N–H and O–H groups in total. The highest BCUT2D eigenvalue weighted by atomic mass is 127. The molecule has 0 fully saturated rings. The Morgan fingerprint density at radius 2 is 1.33 bits per heavy atom. The summed E-state index contributed by atoms with van der Waals surface area (Å²) in [6.07, 6.45) is 23.0. The first-order valence-corrected chi connectivity index (χ1v) is 13.9. The standard InChI is InChI=1S/C27H44ClIN/c1-4-7-9-11-13-17-22-30(27(29)6-3,23-18-14-12-10-8-5-2)24-21-25-19-15-16-20-26(25)28/h3,15-16,19-20,27H,4-5,7-14,17-18,21-24H2,1-2H3/q+1. The van der Waals surface area contributed by atoms with E-state index >= 15 is 0 Å². The van der Waals surface area contributed by atoms with Gasteiger partial charge < -0.3 is 4.48 Å². The van der Waals surface area contributed by atoms with E-state index in [1.165, 1.54) is 95.7 Å². The van der Waals surface area contributed by atoms with Crippen molar-refractivity contribution < 1.29 is 4.48 Å². The fourth-order valence-corrected chi connectivity index (χ4v) is 5.36. The first-order valence-electron chi connectivity index (χ1n) is 12.3. The summed E-state index contributed by atoms with van der Waals surface area (Å²) in [5.41, 5.74) is 1.26. The fourth-order valence-electron chi connectivity index (χ4n) is 4.29. The minimum absolute atomic E-state index is 0.233. The van der Waals surface area contributed by atoms with Crippen molar-refractivity contribution in [3.63, 3.8) is 0 Å². The number of quaternary nitrogens is 1. The predicted octanol–water partition coefficient (Wildman–Crippen LogP) is 8.81. The number of hydrogen-bond donors (Lipinski definition) is 0. The SMILES string of the molecule is C#CC(I)[N+](CCCCCCCC)(CCCCCCCC)CCc1ccccc1Cl. The van der Waals surface area contributed by atoms with Crippen LogP contribution in [0.5, 0.6) is 0 Å². The summed E-state index contributed by atoms with van der Waals surface area (Å²) in [4.78, 5) is 0. The van der Waals surface area contributed by atoms with Gasteiger partial charge in [-0.15, -0.1) is 6.42 Å². The molecule has 1 atom stereocenters. The first-order chi connectivity index (χ1) is 14.6. The van der Waals surface area contributed by atoms with Gasteiger partial charge in [-0.1, -0.05) is 95.0 Å². The smallest absolute Gasteiger partial charge is 0.200 e. The van der Waals surface area contributed by atoms with Crippen molar-refractivity contribution in [1.82, 2.24) is 0 Å². The number of nitrogens with zero attached hydrogens (tertiary/aromatic N) is 1. The number of benzene rings is 1. The lowest BCUT2D eigenvalue weighted by molar-refractivity contribution is -0.927. The number of rotatable bonds is 18. The molecule has 0 bridgehead atoms. The van der Waals surface area contributed by atoms with Crippen LogP contribution in [0, 0.1) is 12.3 Å². The molecular formula is C27H44ClIN+. The van der Waals surface area contributed by atoms with Crippen molar-refractivity contribution in [3.8, 4) is 12.3 Å². The molecule has 1 nitrogen and oxygen atoms in total. The van der Waals surface area contributed by atoms with Gasteiger partial charge in [-0.3, -0.25) is 0 Å². The van der Waals surface area contributed by atoms with Gasteiger partial charge in [-0.2, -0.15) is 0 Å². The number of terminal acetylenes is 1. The third kappa shape index (κ3) is 10.9. The molecule has 1 unspecified atom stereocenters. The summed E-state index contributed by atoms with van der Waals surface area (Å²) >= 11 is 8.99. The second kappa shape index (κ2) is 17.3. The maximum absolute atomic E-state index is 6.47. The summed E-state index contributed by atoms with van der Waals surface area (Å²) in [7, 11) is 0. The highest BCUT2D eigenvalue weighted by Crippen LogP contribution is 2.26. The number of unbranched alkanes of at least 4 members (excludes halogenated alkanes) is 10. The molecule has 0 saturated carbocycles. The predicted molar refractivity (Wildman–Crippen MR) is 143 cm³/mol. The lowest BCUT2D eigenvalue weighted by Gasteiger charge is -2.41. The normalized spacial score (nSPS) is 12.6. The van der Waals surface area contributed by atoms with Crippen LogP contribution >= 0.6 is 34.2 Å². The molecule has 0 aliphatic heterocycles. The van der Waals surface area contributed by atoms with Gasteiger partial charge in [-0.05, 0) is 43.2 Å². The summed E-state index contributed by atoms with van der Waals surface area (Å²) < 4.78 is 1.28. The topological polar surface area (TPSA) is 0 Å². The Morgan fingerprint density at radius 3 is 1.83 bits per heavy atom. The van der Waals surface area contributed by atoms with Crippen LogP contribution in [0.3, 0.4) is 0 Å². The van der Waals surface area contributed by atoms with Gasteiger partial charge >= 0.3 is 0 Å². The molecule has 30 heavy (non-hydrogen) atoms. The van der Waals surface area contributed by atoms with Crippen LogP contribution in [0.2, 0.25) is 5.02 Å². The van der Waals surface area contributed by atoms with Gasteiger partial charge in [0.2, 0.25) is 4.05 Å². The van der Waals surface area contributed by atoms with Crippen LogP contribution in [-0.2, 0) is 6.42 Å². The average molecular weight is 545 g/mol. The third-order valence-corrected chi connectivity index (χ3v) is 8.23. The van der Waals surface area contributed by atoms with Crippen molar-refractivity contribution in [3.05, 3.63) is 34.9 Å². The molecule has 0 amide bonds. The molecule has 1 aromatic rings. The Labute approximate surface area is 206 Å². The van der Waals surface area contributed by atoms with E-state index in [2.05, 4.69) is 54.5 Å². The monoisotopic (exact) mass is 544 g/mol. The molecule has 170 valence electrons. The van der Waals surface area contributed by atoms with Crippen molar-refractivity contribution in [2.45, 2.75) is 101 Å². The maximum atomic E-state index is 6.47. The Hall–Kier alpha value is -0.240.